The molecule has 0 bridgehead atoms. The van der Waals surface area contributed by atoms with Crippen LogP contribution in [0.2, 0.25) is 0 Å². The van der Waals surface area contributed by atoms with Crippen LogP contribution in [0.25, 0.3) is 22.2 Å². The number of anilines is 1. The summed E-state index contributed by atoms with van der Waals surface area (Å²) in [5.74, 6) is -3.31. The Balaban J connectivity index is 1.33. The number of nitrogens with zero attached hydrogens (tertiary/aromatic N) is 5. The topological polar surface area (TPSA) is 135 Å². The van der Waals surface area contributed by atoms with Gasteiger partial charge >= 0.3 is 5.97 Å². The molecule has 42 heavy (non-hydrogen) atoms. The zero-order valence-electron chi connectivity index (χ0n) is 22.1. The second kappa shape index (κ2) is 10.5. The molecule has 216 valence electrons. The van der Waals surface area contributed by atoms with Gasteiger partial charge in [0.15, 0.2) is 5.65 Å². The Bertz CT molecular complexity index is 1750. The van der Waals surface area contributed by atoms with E-state index in [1.165, 1.54) is 17.2 Å². The zero-order chi connectivity index (χ0) is 29.7. The third kappa shape index (κ3) is 4.91. The molecule has 2 aromatic heterocycles. The molecule has 2 aliphatic rings. The molecule has 2 amide bonds. The quantitative estimate of drug-likeness (QED) is 0.311. The Kier molecular flexibility index (Phi) is 6.79. The van der Waals surface area contributed by atoms with Crippen molar-refractivity contribution in [3.8, 4) is 11.1 Å². The lowest BCUT2D eigenvalue weighted by Gasteiger charge is -2.35. The van der Waals surface area contributed by atoms with E-state index in [1.54, 1.807) is 33.8 Å². The Morgan fingerprint density at radius 2 is 1.83 bits per heavy atom. The van der Waals surface area contributed by atoms with E-state index in [4.69, 9.17) is 15.8 Å². The van der Waals surface area contributed by atoms with Crippen LogP contribution < -0.4 is 10.6 Å². The number of carboxylic acid groups (broad SMARTS) is 1. The largest absolute Gasteiger partial charge is 0.481 e. The number of amides is 2. The van der Waals surface area contributed by atoms with Crippen molar-refractivity contribution in [3.63, 3.8) is 0 Å². The number of nitrogens with two attached hydrogens (primary N) is 1. The van der Waals surface area contributed by atoms with Crippen LogP contribution >= 0.6 is 0 Å². The molecular formula is C29H25F3N6O4. The van der Waals surface area contributed by atoms with Crippen molar-refractivity contribution >= 4 is 34.6 Å². The minimum Gasteiger partial charge on any atom is -0.481 e. The molecule has 1 fully saturated rings. The predicted octanol–water partition coefficient (Wildman–Crippen LogP) is 3.26. The first kappa shape index (κ1) is 27.2. The summed E-state index contributed by atoms with van der Waals surface area (Å²) in [6.45, 7) is 0.597. The molecule has 3 N–H and O–H groups in total. The van der Waals surface area contributed by atoms with Crippen molar-refractivity contribution in [2.75, 3.05) is 18.0 Å². The molecule has 4 aromatic rings. The van der Waals surface area contributed by atoms with Gasteiger partial charge in [-0.2, -0.15) is 5.10 Å². The predicted molar refractivity (Wildman–Crippen MR) is 145 cm³/mol. The Morgan fingerprint density at radius 3 is 2.52 bits per heavy atom. The van der Waals surface area contributed by atoms with E-state index in [0.717, 1.165) is 17.7 Å². The molecule has 13 heteroatoms. The van der Waals surface area contributed by atoms with E-state index in [0.29, 0.717) is 33.5 Å². The third-order valence-corrected chi connectivity index (χ3v) is 7.65. The Hall–Kier alpha value is -4.94. The number of benzene rings is 2. The number of fused-ring (bicyclic) bond motifs is 2. The van der Waals surface area contributed by atoms with E-state index >= 15 is 0 Å². The maximum Gasteiger partial charge on any atom is 0.303 e. The maximum absolute atomic E-state index is 14.8. The summed E-state index contributed by atoms with van der Waals surface area (Å²) in [6, 6.07) is 9.05. The van der Waals surface area contributed by atoms with Crippen LogP contribution in [-0.4, -0.2) is 67.9 Å². The average molecular weight is 579 g/mol. The fourth-order valence-corrected chi connectivity index (χ4v) is 5.49. The summed E-state index contributed by atoms with van der Waals surface area (Å²) in [5.41, 5.74) is 8.28. The molecule has 0 saturated carbocycles. The summed E-state index contributed by atoms with van der Waals surface area (Å²) >= 11 is 0. The van der Waals surface area contributed by atoms with Gasteiger partial charge in [-0.15, -0.1) is 0 Å². The van der Waals surface area contributed by atoms with Gasteiger partial charge in [0, 0.05) is 41.1 Å². The first-order chi connectivity index (χ1) is 20.1. The van der Waals surface area contributed by atoms with E-state index in [-0.39, 0.29) is 44.6 Å². The number of hydrogen-bond donors (Lipinski definition) is 2. The number of pyridine rings is 1. The van der Waals surface area contributed by atoms with Crippen LogP contribution in [0.5, 0.6) is 0 Å². The second-order valence-electron chi connectivity index (χ2n) is 10.5. The van der Waals surface area contributed by atoms with Gasteiger partial charge in [0.25, 0.3) is 5.91 Å². The van der Waals surface area contributed by atoms with Crippen LogP contribution in [0.4, 0.5) is 19.0 Å². The van der Waals surface area contributed by atoms with Crippen LogP contribution in [0.3, 0.4) is 0 Å². The number of rotatable bonds is 9. The highest BCUT2D eigenvalue weighted by atomic mass is 19.1. The molecule has 10 nitrogen and oxygen atoms in total. The van der Waals surface area contributed by atoms with Crippen molar-refractivity contribution < 1.29 is 32.7 Å². The van der Waals surface area contributed by atoms with Gasteiger partial charge in [0.1, 0.15) is 29.7 Å². The van der Waals surface area contributed by atoms with E-state index in [2.05, 4.69) is 5.10 Å². The van der Waals surface area contributed by atoms with Crippen LogP contribution in [0.15, 0.2) is 48.7 Å². The standard InChI is InChI=1S/C29H25F3N6O4/c30-17-2-4-20(23(32)8-17)21-9-25(36-13-18(31)14-36)35-28-22(21)10-34-38(28)11-15-1-3-19-16(7-15)12-37(29(19)42)24(27(33)41)5-6-26(39)40/h1-4,7-10,18,24H,5-6,11-14H2,(H2,33,41)(H,39,40)/t24-/m0/s1. The molecule has 4 heterocycles. The van der Waals surface area contributed by atoms with E-state index in [1.807, 2.05) is 0 Å². The van der Waals surface area contributed by atoms with Gasteiger partial charge in [-0.05, 0) is 41.8 Å². The number of halogens is 3. The minimum absolute atomic E-state index is 0.0881. The number of aliphatic carboxylic acids is 1. The summed E-state index contributed by atoms with van der Waals surface area (Å²) in [5, 5.41) is 14.0. The third-order valence-electron chi connectivity index (χ3n) is 7.65. The number of primary amides is 1. The normalized spacial score (nSPS) is 15.6. The summed E-state index contributed by atoms with van der Waals surface area (Å²) in [4.78, 5) is 43.8. The smallest absolute Gasteiger partial charge is 0.303 e. The van der Waals surface area contributed by atoms with Crippen molar-refractivity contribution in [2.24, 2.45) is 5.73 Å². The Morgan fingerprint density at radius 1 is 1.07 bits per heavy atom. The molecular weight excluding hydrogens is 553 g/mol. The molecule has 0 unspecified atom stereocenters. The highest BCUT2D eigenvalue weighted by molar-refractivity contribution is 6.01. The first-order valence-corrected chi connectivity index (χ1v) is 13.2. The number of carbonyl (C=O) groups excluding carboxylic acids is 2. The minimum atomic E-state index is -1.10. The number of aromatic nitrogens is 3. The molecule has 0 spiro atoms. The fraction of sp³-hybridized carbons (Fsp3) is 0.276. The molecule has 0 radical (unpaired) electrons. The lowest BCUT2D eigenvalue weighted by Crippen LogP contribution is -2.48. The number of carboxylic acids is 1. The van der Waals surface area contributed by atoms with Gasteiger partial charge in [-0.1, -0.05) is 12.1 Å². The number of alkyl halides is 1. The molecule has 6 rings (SSSR count). The van der Waals surface area contributed by atoms with Crippen LogP contribution in [0, 0.1) is 11.6 Å². The average Bonchev–Trinajstić information content (AvgIpc) is 3.46. The van der Waals surface area contributed by atoms with Gasteiger partial charge in [-0.25, -0.2) is 22.8 Å². The SMILES string of the molecule is NC(=O)[C@H](CCC(=O)O)N1Cc2cc(Cn3ncc4c(-c5ccc(F)cc5F)cc(N5CC(F)C5)nc43)ccc2C1=O. The van der Waals surface area contributed by atoms with Gasteiger partial charge in [0.05, 0.1) is 25.8 Å². The number of hydrogen-bond acceptors (Lipinski definition) is 6. The second-order valence-corrected chi connectivity index (χ2v) is 10.5. The zero-order valence-corrected chi connectivity index (χ0v) is 22.1. The highest BCUT2D eigenvalue weighted by Crippen LogP contribution is 2.35. The summed E-state index contributed by atoms with van der Waals surface area (Å²) in [6.07, 6.45) is 0.136. The van der Waals surface area contributed by atoms with Gasteiger partial charge < -0.3 is 20.6 Å². The van der Waals surface area contributed by atoms with Gasteiger partial charge in [0.2, 0.25) is 5.91 Å². The lowest BCUT2D eigenvalue weighted by atomic mass is 10.0. The maximum atomic E-state index is 14.8. The monoisotopic (exact) mass is 578 g/mol. The molecule has 0 aliphatic carbocycles. The fourth-order valence-electron chi connectivity index (χ4n) is 5.49. The van der Waals surface area contributed by atoms with Crippen molar-refractivity contribution in [2.45, 2.75) is 38.1 Å². The number of carbonyl (C=O) groups is 3. The molecule has 1 atom stereocenters. The molecule has 2 aliphatic heterocycles. The summed E-state index contributed by atoms with van der Waals surface area (Å²) < 4.78 is 43.8. The van der Waals surface area contributed by atoms with Crippen LogP contribution in [-0.2, 0) is 22.7 Å². The van der Waals surface area contributed by atoms with Crippen LogP contribution in [0.1, 0.15) is 34.3 Å². The first-order valence-electron chi connectivity index (χ1n) is 13.2. The summed E-state index contributed by atoms with van der Waals surface area (Å²) in [7, 11) is 0. The molecule has 2 aromatic carbocycles. The highest BCUT2D eigenvalue weighted by Gasteiger charge is 2.36. The van der Waals surface area contributed by atoms with E-state index < -0.39 is 41.6 Å². The van der Waals surface area contributed by atoms with Crippen molar-refractivity contribution in [3.05, 3.63) is 77.0 Å². The van der Waals surface area contributed by atoms with E-state index in [9.17, 15) is 27.6 Å². The van der Waals surface area contributed by atoms with Gasteiger partial charge in [-0.3, -0.25) is 14.4 Å². The Labute approximate surface area is 237 Å². The molecule has 1 saturated heterocycles. The van der Waals surface area contributed by atoms with Crippen molar-refractivity contribution in [1.82, 2.24) is 19.7 Å². The van der Waals surface area contributed by atoms with Crippen molar-refractivity contribution in [1.29, 1.82) is 0 Å². The lowest BCUT2D eigenvalue weighted by molar-refractivity contribution is -0.137.